The van der Waals surface area contributed by atoms with E-state index in [1.807, 2.05) is 30.3 Å². The first-order valence-electron chi connectivity index (χ1n) is 9.58. The van der Waals surface area contributed by atoms with Crippen molar-refractivity contribution in [1.29, 1.82) is 0 Å². The number of hydrazine groups is 1. The second-order valence-electron chi connectivity index (χ2n) is 7.42. The van der Waals surface area contributed by atoms with Crippen molar-refractivity contribution in [3.8, 4) is 0 Å². The molecule has 6 nitrogen and oxygen atoms in total. The van der Waals surface area contributed by atoms with Gasteiger partial charge in [-0.15, -0.1) is 0 Å². The lowest BCUT2D eigenvalue weighted by molar-refractivity contribution is -0.142. The van der Waals surface area contributed by atoms with Crippen molar-refractivity contribution in [2.75, 3.05) is 18.4 Å². The summed E-state index contributed by atoms with van der Waals surface area (Å²) in [6.45, 7) is 2.56. The van der Waals surface area contributed by atoms with Crippen LogP contribution in [0.2, 0.25) is 0 Å². The van der Waals surface area contributed by atoms with Crippen LogP contribution in [0.5, 0.6) is 0 Å². The van der Waals surface area contributed by atoms with Crippen molar-refractivity contribution in [2.45, 2.75) is 31.6 Å². The van der Waals surface area contributed by atoms with Crippen LogP contribution in [0, 0.1) is 0 Å². The molecule has 0 bridgehead atoms. The molecule has 1 saturated heterocycles. The molecule has 1 aliphatic carbocycles. The van der Waals surface area contributed by atoms with Gasteiger partial charge in [-0.3, -0.25) is 9.59 Å². The van der Waals surface area contributed by atoms with Crippen LogP contribution in [0.3, 0.4) is 0 Å². The highest BCUT2D eigenvalue weighted by Gasteiger charge is 2.54. The molecule has 2 fully saturated rings. The standard InChI is InChI=1S/C22H23N3O3/c1-16(26)17-8-10-19(11-9-17)23-21(28)25-15-5-14-24(25)20(27)22(12-13-22)18-6-3-2-4-7-18/h2-4,6-11H,5,12-15H2,1H3,(H,23,28). The lowest BCUT2D eigenvalue weighted by atomic mass is 9.95. The molecule has 0 spiro atoms. The van der Waals surface area contributed by atoms with Crippen LogP contribution < -0.4 is 5.32 Å². The minimum absolute atomic E-state index is 0.00159. The first-order valence-corrected chi connectivity index (χ1v) is 9.58. The number of nitrogens with zero attached hydrogens (tertiary/aromatic N) is 2. The third-order valence-electron chi connectivity index (χ3n) is 5.53. The Kier molecular flexibility index (Phi) is 4.63. The number of hydrogen-bond donors (Lipinski definition) is 1. The highest BCUT2D eigenvalue weighted by atomic mass is 16.2. The number of rotatable bonds is 4. The molecule has 2 aliphatic rings. The Morgan fingerprint density at radius 2 is 1.54 bits per heavy atom. The summed E-state index contributed by atoms with van der Waals surface area (Å²) in [7, 11) is 0. The number of Topliss-reactive ketones (excluding diaryl/α,β-unsaturated/α-hetero) is 1. The topological polar surface area (TPSA) is 69.7 Å². The molecule has 6 heteroatoms. The zero-order valence-corrected chi connectivity index (χ0v) is 15.9. The van der Waals surface area contributed by atoms with Gasteiger partial charge in [0.05, 0.1) is 5.41 Å². The molecule has 0 unspecified atom stereocenters. The lowest BCUT2D eigenvalue weighted by Crippen LogP contribution is -2.50. The molecule has 3 amide bonds. The number of carbonyl (C=O) groups excluding carboxylic acids is 3. The average Bonchev–Trinajstić information content (AvgIpc) is 3.38. The number of amides is 3. The number of benzene rings is 2. The molecule has 4 rings (SSSR count). The number of carbonyl (C=O) groups is 3. The number of urea groups is 1. The molecule has 28 heavy (non-hydrogen) atoms. The van der Waals surface area contributed by atoms with Crippen LogP contribution in [0.1, 0.15) is 42.1 Å². The van der Waals surface area contributed by atoms with E-state index >= 15 is 0 Å². The number of ketones is 1. The molecule has 1 heterocycles. The third-order valence-corrected chi connectivity index (χ3v) is 5.53. The van der Waals surface area contributed by atoms with E-state index in [4.69, 9.17) is 0 Å². The molecule has 1 saturated carbocycles. The van der Waals surface area contributed by atoms with E-state index in [0.29, 0.717) is 24.3 Å². The summed E-state index contributed by atoms with van der Waals surface area (Å²) < 4.78 is 0. The summed E-state index contributed by atoms with van der Waals surface area (Å²) in [5.74, 6) is -0.0249. The summed E-state index contributed by atoms with van der Waals surface area (Å²) in [5, 5.41) is 5.93. The van der Waals surface area contributed by atoms with Crippen LogP contribution in [-0.4, -0.2) is 40.8 Å². The fourth-order valence-electron chi connectivity index (χ4n) is 3.77. The summed E-state index contributed by atoms with van der Waals surface area (Å²) in [6, 6.07) is 16.2. The number of anilines is 1. The van der Waals surface area contributed by atoms with E-state index in [9.17, 15) is 14.4 Å². The molecular formula is C22H23N3O3. The van der Waals surface area contributed by atoms with Crippen molar-refractivity contribution in [3.05, 3.63) is 65.7 Å². The Morgan fingerprint density at radius 1 is 0.893 bits per heavy atom. The zero-order chi connectivity index (χ0) is 19.7. The molecule has 144 valence electrons. The Bertz CT molecular complexity index is 904. The summed E-state index contributed by atoms with van der Waals surface area (Å²) in [4.78, 5) is 37.5. The first kappa shape index (κ1) is 18.2. The Hall–Kier alpha value is -3.15. The molecule has 0 atom stereocenters. The molecule has 0 aromatic heterocycles. The summed E-state index contributed by atoms with van der Waals surface area (Å²) in [6.07, 6.45) is 2.38. The van der Waals surface area contributed by atoms with Gasteiger partial charge in [0.2, 0.25) is 0 Å². The first-order chi connectivity index (χ1) is 13.5. The maximum atomic E-state index is 13.3. The Balaban J connectivity index is 1.48. The highest BCUT2D eigenvalue weighted by molar-refractivity contribution is 5.97. The number of hydrogen-bond acceptors (Lipinski definition) is 3. The minimum atomic E-state index is -0.493. The predicted molar refractivity (Wildman–Crippen MR) is 106 cm³/mol. The van der Waals surface area contributed by atoms with E-state index in [1.54, 1.807) is 29.3 Å². The Labute approximate surface area is 164 Å². The van der Waals surface area contributed by atoms with Gasteiger partial charge in [-0.2, -0.15) is 0 Å². The monoisotopic (exact) mass is 377 g/mol. The van der Waals surface area contributed by atoms with Crippen molar-refractivity contribution in [3.63, 3.8) is 0 Å². The van der Waals surface area contributed by atoms with Gasteiger partial charge < -0.3 is 5.32 Å². The van der Waals surface area contributed by atoms with E-state index < -0.39 is 5.41 Å². The zero-order valence-electron chi connectivity index (χ0n) is 15.9. The van der Waals surface area contributed by atoms with Crippen molar-refractivity contribution in [2.24, 2.45) is 0 Å². The quantitative estimate of drug-likeness (QED) is 0.828. The van der Waals surface area contributed by atoms with Crippen molar-refractivity contribution < 1.29 is 14.4 Å². The third kappa shape index (κ3) is 3.26. The average molecular weight is 377 g/mol. The van der Waals surface area contributed by atoms with Gasteiger partial charge in [0.1, 0.15) is 0 Å². The second-order valence-corrected chi connectivity index (χ2v) is 7.42. The van der Waals surface area contributed by atoms with E-state index in [-0.39, 0.29) is 17.7 Å². The van der Waals surface area contributed by atoms with Crippen LogP contribution in [0.15, 0.2) is 54.6 Å². The normalized spacial score (nSPS) is 17.3. The van der Waals surface area contributed by atoms with Gasteiger partial charge in [0.15, 0.2) is 5.78 Å². The summed E-state index contributed by atoms with van der Waals surface area (Å²) in [5.41, 5.74) is 1.72. The fourth-order valence-corrected chi connectivity index (χ4v) is 3.77. The van der Waals surface area contributed by atoms with Crippen LogP contribution in [0.4, 0.5) is 10.5 Å². The van der Waals surface area contributed by atoms with Gasteiger partial charge in [-0.25, -0.2) is 14.8 Å². The maximum Gasteiger partial charge on any atom is 0.340 e. The summed E-state index contributed by atoms with van der Waals surface area (Å²) >= 11 is 0. The molecule has 1 N–H and O–H groups in total. The van der Waals surface area contributed by atoms with Gasteiger partial charge in [-0.05, 0) is 56.0 Å². The lowest BCUT2D eigenvalue weighted by Gasteiger charge is -2.31. The van der Waals surface area contributed by atoms with Crippen LogP contribution in [0.25, 0.3) is 0 Å². The molecule has 2 aromatic carbocycles. The molecule has 0 radical (unpaired) electrons. The molecular weight excluding hydrogens is 354 g/mol. The van der Waals surface area contributed by atoms with Gasteiger partial charge in [-0.1, -0.05) is 30.3 Å². The van der Waals surface area contributed by atoms with E-state index in [0.717, 1.165) is 24.8 Å². The van der Waals surface area contributed by atoms with Crippen LogP contribution in [-0.2, 0) is 10.2 Å². The van der Waals surface area contributed by atoms with Crippen molar-refractivity contribution >= 4 is 23.4 Å². The Morgan fingerprint density at radius 3 is 2.14 bits per heavy atom. The molecule has 1 aliphatic heterocycles. The fraction of sp³-hybridized carbons (Fsp3) is 0.318. The smallest absolute Gasteiger partial charge is 0.306 e. The highest BCUT2D eigenvalue weighted by Crippen LogP contribution is 2.50. The predicted octanol–water partition coefficient (Wildman–Crippen LogP) is 3.60. The van der Waals surface area contributed by atoms with E-state index in [2.05, 4.69) is 5.32 Å². The molecule has 2 aromatic rings. The maximum absolute atomic E-state index is 13.3. The largest absolute Gasteiger partial charge is 0.340 e. The van der Waals surface area contributed by atoms with Crippen LogP contribution >= 0.6 is 0 Å². The minimum Gasteiger partial charge on any atom is -0.306 e. The van der Waals surface area contributed by atoms with Crippen molar-refractivity contribution in [1.82, 2.24) is 10.0 Å². The SMILES string of the molecule is CC(=O)c1ccc(NC(=O)N2CCCN2C(=O)C2(c3ccccc3)CC2)cc1. The second kappa shape index (κ2) is 7.11. The van der Waals surface area contributed by atoms with Gasteiger partial charge >= 0.3 is 6.03 Å². The van der Waals surface area contributed by atoms with Gasteiger partial charge in [0.25, 0.3) is 5.91 Å². The van der Waals surface area contributed by atoms with E-state index in [1.165, 1.54) is 11.9 Å². The van der Waals surface area contributed by atoms with Gasteiger partial charge in [0, 0.05) is 24.3 Å². The number of nitrogens with one attached hydrogen (secondary N) is 1.